The molecule has 0 bridgehead atoms. The predicted molar refractivity (Wildman–Crippen MR) is 126 cm³/mol. The van der Waals surface area contributed by atoms with Crippen molar-refractivity contribution in [2.45, 2.75) is 35.6 Å². The molecule has 0 aliphatic rings. The Labute approximate surface area is 213 Å². The summed E-state index contributed by atoms with van der Waals surface area (Å²) in [5, 5.41) is 18.7. The topological polar surface area (TPSA) is 111 Å². The summed E-state index contributed by atoms with van der Waals surface area (Å²) in [5.74, 6) is -2.20. The number of rotatable bonds is 5. The smallest absolute Gasteiger partial charge is 0.475 e. The number of H-pyrrole nitrogens is 1. The van der Waals surface area contributed by atoms with Gasteiger partial charge in [0.05, 0.1) is 11.3 Å². The van der Waals surface area contributed by atoms with E-state index in [1.807, 2.05) is 54.6 Å². The van der Waals surface area contributed by atoms with Gasteiger partial charge in [0.2, 0.25) is 5.09 Å². The van der Waals surface area contributed by atoms with Crippen LogP contribution in [0.2, 0.25) is 5.02 Å². The lowest BCUT2D eigenvalue weighted by Gasteiger charge is -2.15. The molecule has 12 heteroatoms. The highest BCUT2D eigenvalue weighted by molar-refractivity contribution is 7.99. The van der Waals surface area contributed by atoms with E-state index in [-0.39, 0.29) is 0 Å². The summed E-state index contributed by atoms with van der Waals surface area (Å²) in [4.78, 5) is 22.0. The molecule has 0 aliphatic carbocycles. The van der Waals surface area contributed by atoms with Gasteiger partial charge in [-0.15, -0.1) is 0 Å². The van der Waals surface area contributed by atoms with E-state index in [0.717, 1.165) is 16.2 Å². The first kappa shape index (κ1) is 27.2. The van der Waals surface area contributed by atoms with Crippen molar-refractivity contribution in [2.24, 2.45) is 0 Å². The number of benzene rings is 1. The van der Waals surface area contributed by atoms with E-state index in [1.165, 1.54) is 11.8 Å². The SMILES string of the molecule is CC(C)(O)c1ccc(-c2[nH+]c(-c3ccccn3)oc2Sc2ccc(Cl)cc2)cn1.O=C(O)C(F)(F)F. The van der Waals surface area contributed by atoms with Crippen LogP contribution in [0, 0.1) is 0 Å². The van der Waals surface area contributed by atoms with Crippen LogP contribution < -0.4 is 4.98 Å². The standard InChI is InChI=1S/C22H18ClN3O2S.C2HF3O2/c1-22(2,27)18-11-6-14(13-25-18)19-21(29-16-9-7-15(23)8-10-16)28-20(26-19)17-5-3-4-12-24-17;3-2(4,5)1(6)7/h3-13,27H,1-2H3;(H,6,7)/p+1. The van der Waals surface area contributed by atoms with E-state index in [1.54, 1.807) is 26.2 Å². The summed E-state index contributed by atoms with van der Waals surface area (Å²) in [6.07, 6.45) is -1.64. The second-order valence-corrected chi connectivity index (χ2v) is 9.27. The lowest BCUT2D eigenvalue weighted by Crippen LogP contribution is -2.21. The minimum Gasteiger partial charge on any atom is -0.475 e. The predicted octanol–water partition coefficient (Wildman–Crippen LogP) is 5.88. The van der Waals surface area contributed by atoms with Gasteiger partial charge in [0.15, 0.2) is 5.69 Å². The van der Waals surface area contributed by atoms with Gasteiger partial charge in [-0.25, -0.2) is 9.78 Å². The van der Waals surface area contributed by atoms with Gasteiger partial charge < -0.3 is 14.6 Å². The molecule has 4 rings (SSSR count). The summed E-state index contributed by atoms with van der Waals surface area (Å²) in [7, 11) is 0. The summed E-state index contributed by atoms with van der Waals surface area (Å²) < 4.78 is 37.9. The normalized spacial score (nSPS) is 11.5. The van der Waals surface area contributed by atoms with Gasteiger partial charge in [-0.05, 0) is 74.1 Å². The van der Waals surface area contributed by atoms with E-state index in [9.17, 15) is 18.3 Å². The van der Waals surface area contributed by atoms with Crippen molar-refractivity contribution in [1.82, 2.24) is 9.97 Å². The molecule has 0 spiro atoms. The molecule has 0 fully saturated rings. The molecule has 0 radical (unpaired) electrons. The van der Waals surface area contributed by atoms with Crippen LogP contribution in [0.4, 0.5) is 13.2 Å². The fraction of sp³-hybridized carbons (Fsp3) is 0.167. The number of halogens is 4. The number of aromatic nitrogens is 3. The second kappa shape index (κ2) is 11.1. The number of carboxylic acid groups (broad SMARTS) is 1. The van der Waals surface area contributed by atoms with Crippen LogP contribution in [0.1, 0.15) is 19.5 Å². The zero-order valence-electron chi connectivity index (χ0n) is 18.9. The Bertz CT molecular complexity index is 1310. The highest BCUT2D eigenvalue weighted by Gasteiger charge is 2.38. The first-order valence-corrected chi connectivity index (χ1v) is 11.4. The largest absolute Gasteiger partial charge is 0.490 e. The third-order valence-corrected chi connectivity index (χ3v) is 5.71. The molecule has 36 heavy (non-hydrogen) atoms. The molecule has 3 N–H and O–H groups in total. The average molecular weight is 539 g/mol. The molecule has 3 heterocycles. The second-order valence-electron chi connectivity index (χ2n) is 7.78. The quantitative estimate of drug-likeness (QED) is 0.326. The summed E-state index contributed by atoms with van der Waals surface area (Å²) in [6.45, 7) is 3.42. The van der Waals surface area contributed by atoms with Crippen molar-refractivity contribution in [2.75, 3.05) is 0 Å². The molecule has 0 atom stereocenters. The maximum Gasteiger partial charge on any atom is 0.490 e. The zero-order chi connectivity index (χ0) is 26.5. The van der Waals surface area contributed by atoms with Crippen LogP contribution in [0.3, 0.4) is 0 Å². The lowest BCUT2D eigenvalue weighted by molar-refractivity contribution is -0.356. The zero-order valence-corrected chi connectivity index (χ0v) is 20.4. The van der Waals surface area contributed by atoms with Crippen molar-refractivity contribution < 1.29 is 37.6 Å². The van der Waals surface area contributed by atoms with Gasteiger partial charge in [-0.3, -0.25) is 4.98 Å². The van der Waals surface area contributed by atoms with Crippen molar-refractivity contribution in [3.05, 3.63) is 77.7 Å². The van der Waals surface area contributed by atoms with Gasteiger partial charge in [0, 0.05) is 22.3 Å². The number of aliphatic carboxylic acids is 1. The molecule has 0 unspecified atom stereocenters. The maximum atomic E-state index is 10.6. The third kappa shape index (κ3) is 7.30. The van der Waals surface area contributed by atoms with E-state index >= 15 is 0 Å². The van der Waals surface area contributed by atoms with Crippen molar-refractivity contribution >= 4 is 29.3 Å². The molecule has 0 saturated heterocycles. The number of carboxylic acids is 1. The number of pyridine rings is 2. The minimum absolute atomic E-state index is 0.559. The van der Waals surface area contributed by atoms with Crippen LogP contribution in [0.15, 0.2) is 81.4 Å². The van der Waals surface area contributed by atoms with E-state index in [0.29, 0.717) is 27.4 Å². The minimum atomic E-state index is -5.08. The lowest BCUT2D eigenvalue weighted by atomic mass is 10.0. The number of aliphatic hydroxyl groups is 1. The van der Waals surface area contributed by atoms with Crippen molar-refractivity contribution in [3.8, 4) is 22.8 Å². The monoisotopic (exact) mass is 538 g/mol. The number of hydrogen-bond acceptors (Lipinski definition) is 6. The fourth-order valence-corrected chi connectivity index (χ4v) is 3.73. The molecule has 4 aromatic rings. The molecule has 188 valence electrons. The highest BCUT2D eigenvalue weighted by atomic mass is 35.5. The van der Waals surface area contributed by atoms with Crippen LogP contribution in [0.5, 0.6) is 0 Å². The van der Waals surface area contributed by atoms with Crippen LogP contribution in [-0.2, 0) is 10.4 Å². The summed E-state index contributed by atoms with van der Waals surface area (Å²) >= 11 is 7.48. The Kier molecular flexibility index (Phi) is 8.39. The van der Waals surface area contributed by atoms with Crippen LogP contribution >= 0.6 is 23.4 Å². The Morgan fingerprint density at radius 3 is 2.22 bits per heavy atom. The van der Waals surface area contributed by atoms with Crippen LogP contribution in [0.25, 0.3) is 22.8 Å². The highest BCUT2D eigenvalue weighted by Crippen LogP contribution is 2.37. The molecular formula is C24H20ClF3N3O4S+. The molecule has 0 aliphatic heterocycles. The summed E-state index contributed by atoms with van der Waals surface area (Å²) in [6, 6.07) is 16.9. The number of alkyl halides is 3. The van der Waals surface area contributed by atoms with E-state index in [4.69, 9.17) is 25.9 Å². The molecule has 1 aromatic carbocycles. The van der Waals surface area contributed by atoms with Gasteiger partial charge in [-0.1, -0.05) is 17.7 Å². The maximum absolute atomic E-state index is 10.6. The fourth-order valence-electron chi connectivity index (χ4n) is 2.72. The number of carbonyl (C=O) groups is 1. The number of oxazole rings is 1. The molecular weight excluding hydrogens is 519 g/mol. The molecule has 3 aromatic heterocycles. The average Bonchev–Trinajstić information content (AvgIpc) is 3.24. The molecule has 7 nitrogen and oxygen atoms in total. The number of hydrogen-bond donors (Lipinski definition) is 2. The Morgan fingerprint density at radius 1 is 1.06 bits per heavy atom. The van der Waals surface area contributed by atoms with E-state index in [2.05, 4.69) is 15.0 Å². The van der Waals surface area contributed by atoms with Gasteiger partial charge in [0.25, 0.3) is 5.69 Å². The Hall–Kier alpha value is -3.41. The number of aromatic amines is 1. The van der Waals surface area contributed by atoms with Crippen molar-refractivity contribution in [1.29, 1.82) is 0 Å². The van der Waals surface area contributed by atoms with Crippen LogP contribution in [-0.4, -0.2) is 32.3 Å². The molecule has 0 saturated carbocycles. The Balaban J connectivity index is 0.000000454. The first-order valence-electron chi connectivity index (χ1n) is 10.2. The Morgan fingerprint density at radius 2 is 1.72 bits per heavy atom. The number of nitrogens with zero attached hydrogens (tertiary/aromatic N) is 2. The first-order chi connectivity index (χ1) is 16.8. The van der Waals surface area contributed by atoms with Gasteiger partial charge >= 0.3 is 18.0 Å². The van der Waals surface area contributed by atoms with Gasteiger partial charge in [-0.2, -0.15) is 18.2 Å². The molecule has 0 amide bonds. The third-order valence-electron chi connectivity index (χ3n) is 4.48. The van der Waals surface area contributed by atoms with E-state index < -0.39 is 17.7 Å². The van der Waals surface area contributed by atoms with Gasteiger partial charge in [0.1, 0.15) is 5.60 Å². The van der Waals surface area contributed by atoms with Crippen molar-refractivity contribution in [3.63, 3.8) is 0 Å². The number of nitrogens with one attached hydrogen (secondary N) is 1. The summed E-state index contributed by atoms with van der Waals surface area (Å²) in [5.41, 5.74) is 1.94.